The number of nitrogens with one attached hydrogen (secondary N) is 1. The molecule has 256 valence electrons. The minimum atomic E-state index is -3.99. The molecule has 1 aromatic heterocycles. The van der Waals surface area contributed by atoms with Gasteiger partial charge in [0.2, 0.25) is 15.7 Å². The average molecular weight is 701 g/mol. The van der Waals surface area contributed by atoms with E-state index in [9.17, 15) is 18.0 Å². The first kappa shape index (κ1) is 38.3. The van der Waals surface area contributed by atoms with E-state index in [4.69, 9.17) is 16.2 Å². The van der Waals surface area contributed by atoms with Crippen LogP contribution < -0.4 is 16.8 Å². The molecule has 47 heavy (non-hydrogen) atoms. The van der Waals surface area contributed by atoms with Gasteiger partial charge in [-0.3, -0.25) is 4.79 Å². The van der Waals surface area contributed by atoms with E-state index in [1.165, 1.54) is 43.5 Å². The molecule has 0 saturated carbocycles. The highest BCUT2D eigenvalue weighted by Gasteiger charge is 2.26. The van der Waals surface area contributed by atoms with Crippen molar-refractivity contribution in [2.24, 2.45) is 16.5 Å². The first-order valence-corrected chi connectivity index (χ1v) is 19.5. The Morgan fingerprint density at radius 1 is 0.957 bits per heavy atom. The molecule has 2 aromatic carbocycles. The Hall–Kier alpha value is -3.19. The molecule has 0 atom stereocenters. The van der Waals surface area contributed by atoms with E-state index in [-0.39, 0.29) is 21.5 Å². The number of aliphatic imine (C=N–C) groups is 1. The number of sulfone groups is 1. The van der Waals surface area contributed by atoms with Gasteiger partial charge in [-0.2, -0.15) is 4.99 Å². The predicted octanol–water partition coefficient (Wildman–Crippen LogP) is 8.33. The van der Waals surface area contributed by atoms with Crippen molar-refractivity contribution >= 4 is 56.5 Å². The highest BCUT2D eigenvalue weighted by atomic mass is 32.2. The average Bonchev–Trinajstić information content (AvgIpc) is 3.45. The summed E-state index contributed by atoms with van der Waals surface area (Å²) in [7, 11) is -3.99. The van der Waals surface area contributed by atoms with Gasteiger partial charge in [-0.05, 0) is 88.7 Å². The van der Waals surface area contributed by atoms with Crippen molar-refractivity contribution < 1.29 is 22.7 Å². The molecule has 0 aliphatic heterocycles. The van der Waals surface area contributed by atoms with E-state index in [2.05, 4.69) is 10.3 Å². The summed E-state index contributed by atoms with van der Waals surface area (Å²) in [6, 6.07) is 13.8. The van der Waals surface area contributed by atoms with Crippen LogP contribution in [0.3, 0.4) is 0 Å². The van der Waals surface area contributed by atoms with Gasteiger partial charge in [-0.15, -0.1) is 23.1 Å². The van der Waals surface area contributed by atoms with Crippen LogP contribution in [0.25, 0.3) is 11.1 Å². The Morgan fingerprint density at radius 3 is 2.23 bits per heavy atom. The van der Waals surface area contributed by atoms with Gasteiger partial charge in [0.05, 0.1) is 18.9 Å². The fourth-order valence-corrected chi connectivity index (χ4v) is 9.00. The molecule has 0 fully saturated rings. The summed E-state index contributed by atoms with van der Waals surface area (Å²) in [6.45, 7) is 7.84. The van der Waals surface area contributed by atoms with Crippen LogP contribution in [0, 0.1) is 6.92 Å². The molecule has 0 aliphatic carbocycles. The molecule has 5 N–H and O–H groups in total. The summed E-state index contributed by atoms with van der Waals surface area (Å²) in [5, 5.41) is 3.06. The number of hydrogen-bond donors (Lipinski definition) is 3. The smallest absolute Gasteiger partial charge is 0.436 e. The van der Waals surface area contributed by atoms with Crippen LogP contribution in [0.15, 0.2) is 67.5 Å². The number of hydrogen-bond acceptors (Lipinski definition) is 8. The highest BCUT2D eigenvalue weighted by Crippen LogP contribution is 2.39. The van der Waals surface area contributed by atoms with Crippen molar-refractivity contribution in [3.63, 3.8) is 0 Å². The fraction of sp³-hybridized carbons (Fsp3) is 0.457. The van der Waals surface area contributed by atoms with Crippen molar-refractivity contribution in [2.45, 2.75) is 105 Å². The maximum atomic E-state index is 14.0. The third-order valence-electron chi connectivity index (χ3n) is 7.34. The maximum absolute atomic E-state index is 14.0. The summed E-state index contributed by atoms with van der Waals surface area (Å²) in [4.78, 5) is 29.5. The third-order valence-corrected chi connectivity index (χ3v) is 11.7. The highest BCUT2D eigenvalue weighted by molar-refractivity contribution is 8.01. The lowest BCUT2D eigenvalue weighted by Gasteiger charge is -2.17. The summed E-state index contributed by atoms with van der Waals surface area (Å²) in [5.41, 5.74) is 13.9. The predicted molar refractivity (Wildman–Crippen MR) is 194 cm³/mol. The summed E-state index contributed by atoms with van der Waals surface area (Å²) < 4.78 is 33.7. The minimum Gasteiger partial charge on any atom is -0.442 e. The number of thioether (sulfide) groups is 1. The number of rotatable bonds is 16. The number of nitrogens with two attached hydrogens (primary N) is 2. The summed E-state index contributed by atoms with van der Waals surface area (Å²) >= 11 is 2.42. The van der Waals surface area contributed by atoms with Crippen molar-refractivity contribution in [2.75, 3.05) is 18.1 Å². The van der Waals surface area contributed by atoms with Gasteiger partial charge in [-0.1, -0.05) is 62.8 Å². The molecule has 9 nitrogen and oxygen atoms in total. The van der Waals surface area contributed by atoms with Gasteiger partial charge < -0.3 is 21.5 Å². The van der Waals surface area contributed by atoms with Crippen LogP contribution in [-0.2, 0) is 19.4 Å². The summed E-state index contributed by atoms with van der Waals surface area (Å²) in [5.74, 6) is -0.182. The van der Waals surface area contributed by atoms with Gasteiger partial charge in [0, 0.05) is 17.7 Å². The number of amidine groups is 1. The molecule has 1 heterocycles. The molecule has 12 heteroatoms. The number of aryl methyl sites for hydroxylation is 1. The van der Waals surface area contributed by atoms with Crippen LogP contribution in [0.1, 0.15) is 89.0 Å². The molecule has 3 rings (SSSR count). The van der Waals surface area contributed by atoms with Crippen LogP contribution >= 0.6 is 23.1 Å². The lowest BCUT2D eigenvalue weighted by molar-refractivity contribution is -0.116. The van der Waals surface area contributed by atoms with E-state index >= 15 is 0 Å². The van der Waals surface area contributed by atoms with Gasteiger partial charge in [0.15, 0.2) is 0 Å². The first-order valence-electron chi connectivity index (χ1n) is 16.0. The second-order valence-electron chi connectivity index (χ2n) is 12.4. The molecule has 0 bridgehead atoms. The Bertz CT molecular complexity index is 1660. The number of nitrogens with zero attached hydrogens (tertiary/aromatic N) is 1. The number of anilines is 1. The number of amides is 2. The monoisotopic (exact) mass is 700 g/mol. The quantitative estimate of drug-likeness (QED) is 0.0583. The van der Waals surface area contributed by atoms with Crippen LogP contribution in [0.4, 0.5) is 10.5 Å². The Morgan fingerprint density at radius 2 is 1.60 bits per heavy atom. The largest absolute Gasteiger partial charge is 0.442 e. The molecule has 0 saturated heterocycles. The molecule has 0 aliphatic rings. The van der Waals surface area contributed by atoms with Gasteiger partial charge >= 0.3 is 6.09 Å². The first-order chi connectivity index (χ1) is 22.3. The molecular formula is C35H48N4O5S3. The topological polar surface area (TPSA) is 154 Å². The van der Waals surface area contributed by atoms with Crippen molar-refractivity contribution in [3.05, 3.63) is 59.0 Å². The Labute approximate surface area is 287 Å². The number of ether oxygens (including phenoxy) is 1. The molecule has 2 amide bonds. The van der Waals surface area contributed by atoms with Gasteiger partial charge in [0.25, 0.3) is 0 Å². The summed E-state index contributed by atoms with van der Waals surface area (Å²) in [6.07, 6.45) is 10.1. The maximum Gasteiger partial charge on any atom is 0.436 e. The lowest BCUT2D eigenvalue weighted by atomic mass is 9.98. The normalized spacial score (nSPS) is 12.3. The number of carbonyl (C=O) groups is 2. The number of unbranched alkanes of at least 4 members (excludes halogenated alkanes) is 7. The molecule has 0 radical (unpaired) electrons. The zero-order chi connectivity index (χ0) is 34.6. The van der Waals surface area contributed by atoms with E-state index in [1.54, 1.807) is 45.2 Å². The molecule has 0 spiro atoms. The number of thiophene rings is 1. The fourth-order valence-electron chi connectivity index (χ4n) is 5.06. The van der Waals surface area contributed by atoms with Gasteiger partial charge in [-0.25, -0.2) is 13.2 Å². The van der Waals surface area contributed by atoms with E-state index in [1.807, 2.05) is 31.2 Å². The molecule has 0 unspecified atom stereocenters. The second-order valence-corrected chi connectivity index (χ2v) is 16.4. The van der Waals surface area contributed by atoms with Crippen molar-refractivity contribution in [1.29, 1.82) is 0 Å². The molecule has 3 aromatic rings. The SMILES string of the molecule is CSc1sc(C(N)=NC(=O)OC(C)(C)C)cc1S(=O)(=O)c1cccc(-c2c(C)cccc2NC(=O)CCCCCCCCCCN)c1. The van der Waals surface area contributed by atoms with Crippen LogP contribution in [0.5, 0.6) is 0 Å². The lowest BCUT2D eigenvalue weighted by Crippen LogP contribution is -2.24. The Kier molecular flexibility index (Phi) is 14.5. The number of carbonyl (C=O) groups excluding carboxylic acids is 2. The van der Waals surface area contributed by atoms with Crippen LogP contribution in [-0.4, -0.2) is 44.7 Å². The number of benzene rings is 2. The second kappa shape index (κ2) is 17.8. The van der Waals surface area contributed by atoms with Crippen molar-refractivity contribution in [1.82, 2.24) is 0 Å². The zero-order valence-electron chi connectivity index (χ0n) is 28.1. The van der Waals surface area contributed by atoms with Crippen molar-refractivity contribution in [3.8, 4) is 11.1 Å². The molecular weight excluding hydrogens is 653 g/mol. The standard InChI is InChI=1S/C35H48N4O5S3/c1-24-16-14-19-27(38-30(40)20-12-10-8-6-7-9-11-13-21-36)31(24)25-17-15-18-26(22-25)47(42,43)29-23-28(46-33(29)45-5)32(37)39-34(41)44-35(2,3)4/h14-19,22-23H,6-13,20-21,36H2,1-5H3,(H,38,40)(H2,37,39,41). The van der Waals surface area contributed by atoms with E-state index in [0.717, 1.165) is 54.7 Å². The van der Waals surface area contributed by atoms with Crippen LogP contribution in [0.2, 0.25) is 0 Å². The Balaban J connectivity index is 1.79. The third kappa shape index (κ3) is 11.5. The zero-order valence-corrected chi connectivity index (χ0v) is 30.5. The van der Waals surface area contributed by atoms with E-state index < -0.39 is 21.5 Å². The van der Waals surface area contributed by atoms with E-state index in [0.29, 0.717) is 26.8 Å². The minimum absolute atomic E-state index is 0.0652. The van der Waals surface area contributed by atoms with Gasteiger partial charge in [0.1, 0.15) is 11.4 Å².